The van der Waals surface area contributed by atoms with Crippen molar-refractivity contribution in [1.29, 1.82) is 0 Å². The summed E-state index contributed by atoms with van der Waals surface area (Å²) in [6.45, 7) is 0. The fourth-order valence-electron chi connectivity index (χ4n) is 0.593. The molecule has 1 aromatic rings. The summed E-state index contributed by atoms with van der Waals surface area (Å²) >= 11 is 3.06. The van der Waals surface area contributed by atoms with Crippen molar-refractivity contribution in [2.24, 2.45) is 5.73 Å². The first-order valence-corrected chi connectivity index (χ1v) is 3.54. The van der Waals surface area contributed by atoms with Gasteiger partial charge in [0.2, 0.25) is 5.69 Å². The molecule has 6 heteroatoms. The highest BCUT2D eigenvalue weighted by Gasteiger charge is 2.12. The van der Waals surface area contributed by atoms with Gasteiger partial charge in [-0.25, -0.2) is 9.97 Å². The number of carbonyl (C=O) groups excluding carboxylic acids is 1. The molecule has 1 aromatic heterocycles. The number of aromatic amines is 1. The van der Waals surface area contributed by atoms with Crippen LogP contribution in [0.2, 0.25) is 0 Å². The lowest BCUT2D eigenvalue weighted by molar-refractivity contribution is -0.362. The van der Waals surface area contributed by atoms with E-state index in [1.165, 1.54) is 6.20 Å². The molecule has 1 heterocycles. The van der Waals surface area contributed by atoms with E-state index < -0.39 is 5.91 Å². The maximum absolute atomic E-state index is 10.6. The van der Waals surface area contributed by atoms with Crippen LogP contribution >= 0.6 is 15.9 Å². The molecule has 0 atom stereocenters. The number of aromatic nitrogens is 2. The summed E-state index contributed by atoms with van der Waals surface area (Å²) in [5.74, 6) is -0.485. The molecule has 0 aliphatic heterocycles. The topological polar surface area (TPSA) is 96.1 Å². The third kappa shape index (κ3) is 1.64. The van der Waals surface area contributed by atoms with Crippen molar-refractivity contribution in [1.82, 2.24) is 4.98 Å². The van der Waals surface area contributed by atoms with E-state index in [2.05, 4.69) is 25.9 Å². The first kappa shape index (κ1) is 7.93. The SMILES string of the molecule is NC(=O)c1nc(Br)c[nH+]c1N. The van der Waals surface area contributed by atoms with Gasteiger partial charge in [0.1, 0.15) is 10.8 Å². The highest BCUT2D eigenvalue weighted by atomic mass is 79.9. The van der Waals surface area contributed by atoms with Crippen molar-refractivity contribution >= 4 is 27.7 Å². The Balaban J connectivity index is 3.23. The van der Waals surface area contributed by atoms with Gasteiger partial charge in [-0.2, -0.15) is 0 Å². The quantitative estimate of drug-likeness (QED) is 0.654. The minimum atomic E-state index is -0.653. The van der Waals surface area contributed by atoms with Crippen LogP contribution in [0.5, 0.6) is 0 Å². The lowest BCUT2D eigenvalue weighted by Gasteiger charge is -1.93. The van der Waals surface area contributed by atoms with Gasteiger partial charge < -0.3 is 5.73 Å². The van der Waals surface area contributed by atoms with Crippen molar-refractivity contribution in [2.75, 3.05) is 5.73 Å². The lowest BCUT2D eigenvalue weighted by Crippen LogP contribution is -2.22. The average Bonchev–Trinajstić information content (AvgIpc) is 1.94. The van der Waals surface area contributed by atoms with Gasteiger partial charge in [0.25, 0.3) is 5.91 Å². The number of rotatable bonds is 1. The molecule has 0 unspecified atom stereocenters. The van der Waals surface area contributed by atoms with Gasteiger partial charge in [-0.1, -0.05) is 0 Å². The van der Waals surface area contributed by atoms with Gasteiger partial charge >= 0.3 is 5.82 Å². The van der Waals surface area contributed by atoms with Crippen LogP contribution in [0.4, 0.5) is 5.82 Å². The first-order chi connectivity index (χ1) is 5.11. The second kappa shape index (κ2) is 2.83. The smallest absolute Gasteiger partial charge is 0.302 e. The van der Waals surface area contributed by atoms with Gasteiger partial charge in [-0.05, 0) is 15.9 Å². The third-order valence-corrected chi connectivity index (χ3v) is 1.46. The van der Waals surface area contributed by atoms with E-state index in [0.29, 0.717) is 4.60 Å². The third-order valence-electron chi connectivity index (χ3n) is 1.05. The largest absolute Gasteiger partial charge is 0.364 e. The zero-order valence-corrected chi connectivity index (χ0v) is 7.05. The van der Waals surface area contributed by atoms with E-state index in [9.17, 15) is 4.79 Å². The van der Waals surface area contributed by atoms with Gasteiger partial charge in [0.15, 0.2) is 0 Å². The number of hydrogen-bond donors (Lipinski definition) is 2. The van der Waals surface area contributed by atoms with E-state index in [0.717, 1.165) is 0 Å². The number of nitrogens with one attached hydrogen (secondary N) is 1. The van der Waals surface area contributed by atoms with Crippen LogP contribution in [-0.2, 0) is 0 Å². The number of amides is 1. The number of halogens is 1. The Bertz CT molecular complexity index is 301. The van der Waals surface area contributed by atoms with Crippen molar-refractivity contribution in [3.63, 3.8) is 0 Å². The molecule has 0 bridgehead atoms. The van der Waals surface area contributed by atoms with Gasteiger partial charge in [-0.15, -0.1) is 0 Å². The van der Waals surface area contributed by atoms with E-state index in [1.54, 1.807) is 0 Å². The predicted molar refractivity (Wildman–Crippen MR) is 41.4 cm³/mol. The minimum absolute atomic E-state index is 0.0411. The molecule has 0 aliphatic rings. The summed E-state index contributed by atoms with van der Waals surface area (Å²) in [5.41, 5.74) is 10.4. The van der Waals surface area contributed by atoms with Crippen LogP contribution in [-0.4, -0.2) is 10.9 Å². The van der Waals surface area contributed by atoms with E-state index >= 15 is 0 Å². The minimum Gasteiger partial charge on any atom is -0.364 e. The summed E-state index contributed by atoms with van der Waals surface area (Å²) in [4.78, 5) is 17.0. The number of primary amides is 1. The van der Waals surface area contributed by atoms with Gasteiger partial charge in [0.05, 0.1) is 0 Å². The maximum Gasteiger partial charge on any atom is 0.302 e. The molecule has 0 radical (unpaired) electrons. The Morgan fingerprint density at radius 3 is 2.82 bits per heavy atom. The van der Waals surface area contributed by atoms with E-state index in [4.69, 9.17) is 11.5 Å². The van der Waals surface area contributed by atoms with E-state index in [-0.39, 0.29) is 11.5 Å². The molecule has 0 aromatic carbocycles. The van der Waals surface area contributed by atoms with Crippen molar-refractivity contribution in [3.8, 4) is 0 Å². The Labute approximate surface area is 70.9 Å². The highest BCUT2D eigenvalue weighted by Crippen LogP contribution is 2.05. The monoisotopic (exact) mass is 217 g/mol. The molecule has 5 nitrogen and oxygen atoms in total. The summed E-state index contributed by atoms with van der Waals surface area (Å²) in [7, 11) is 0. The molecular weight excluding hydrogens is 212 g/mol. The highest BCUT2D eigenvalue weighted by molar-refractivity contribution is 9.10. The number of nitrogens with zero attached hydrogens (tertiary/aromatic N) is 1. The molecule has 0 saturated heterocycles. The van der Waals surface area contributed by atoms with Crippen LogP contribution < -0.4 is 16.5 Å². The van der Waals surface area contributed by atoms with Crippen LogP contribution in [0.1, 0.15) is 10.5 Å². The molecule has 11 heavy (non-hydrogen) atoms. The number of nitrogens with two attached hydrogens (primary N) is 2. The van der Waals surface area contributed by atoms with Crippen LogP contribution in [0, 0.1) is 0 Å². The van der Waals surface area contributed by atoms with Crippen molar-refractivity contribution in [2.45, 2.75) is 0 Å². The Morgan fingerprint density at radius 1 is 1.73 bits per heavy atom. The second-order valence-corrected chi connectivity index (χ2v) is 2.66. The van der Waals surface area contributed by atoms with Gasteiger partial charge in [0, 0.05) is 0 Å². The zero-order valence-electron chi connectivity index (χ0n) is 5.47. The van der Waals surface area contributed by atoms with Crippen LogP contribution in [0.3, 0.4) is 0 Å². The Morgan fingerprint density at radius 2 is 2.36 bits per heavy atom. The number of hydrogen-bond acceptors (Lipinski definition) is 3. The molecule has 1 amide bonds. The number of nitrogen functional groups attached to an aromatic ring is 1. The maximum atomic E-state index is 10.6. The summed E-state index contributed by atoms with van der Waals surface area (Å²) in [6.07, 6.45) is 1.52. The molecule has 5 N–H and O–H groups in total. The number of carbonyl (C=O) groups is 1. The normalized spacial score (nSPS) is 9.55. The number of H-pyrrole nitrogens is 1. The average molecular weight is 218 g/mol. The fourth-order valence-corrected chi connectivity index (χ4v) is 0.885. The van der Waals surface area contributed by atoms with Crippen LogP contribution in [0.25, 0.3) is 0 Å². The van der Waals surface area contributed by atoms with E-state index in [1.807, 2.05) is 0 Å². The Hall–Kier alpha value is -1.17. The standard InChI is InChI=1S/C5H5BrN4O/c6-2-1-9-4(7)3(10-2)5(8)11/h1H,(H2,7,9)(H2,8,11)/p+1. The second-order valence-electron chi connectivity index (χ2n) is 1.85. The molecule has 58 valence electrons. The summed E-state index contributed by atoms with van der Waals surface area (Å²) < 4.78 is 0.487. The summed E-state index contributed by atoms with van der Waals surface area (Å²) in [5, 5.41) is 0. The van der Waals surface area contributed by atoms with Crippen molar-refractivity contribution < 1.29 is 9.78 Å². The molecule has 0 spiro atoms. The fraction of sp³-hybridized carbons (Fsp3) is 0. The molecule has 0 saturated carbocycles. The van der Waals surface area contributed by atoms with Crippen molar-refractivity contribution in [3.05, 3.63) is 16.5 Å². The zero-order chi connectivity index (χ0) is 8.43. The van der Waals surface area contributed by atoms with Crippen LogP contribution in [0.15, 0.2) is 10.8 Å². The molecule has 0 aliphatic carbocycles. The molecule has 0 fully saturated rings. The lowest BCUT2D eigenvalue weighted by atomic mass is 10.4. The number of anilines is 1. The Kier molecular flexibility index (Phi) is 2.04. The summed E-state index contributed by atoms with van der Waals surface area (Å²) in [6, 6.07) is 0. The van der Waals surface area contributed by atoms with Gasteiger partial charge in [-0.3, -0.25) is 10.5 Å². The molecular formula is C5H6BrN4O+. The first-order valence-electron chi connectivity index (χ1n) is 2.75. The predicted octanol–water partition coefficient (Wildman–Crippen LogP) is -0.661. The molecule has 1 rings (SSSR count).